The summed E-state index contributed by atoms with van der Waals surface area (Å²) in [6, 6.07) is 43.0. The summed E-state index contributed by atoms with van der Waals surface area (Å²) < 4.78 is 13.2. The van der Waals surface area contributed by atoms with Crippen molar-refractivity contribution in [2.24, 2.45) is 0 Å². The molecule has 5 aromatic carbocycles. The SMILES string of the molecule is CC(C)(C)c1cc(-[n+]2[c-]n(-c3cc(Oc4ccc5c6ccccc6n(-c6cc(C(C)(C)C)ccn6)c5c4)cc(-c4ccccc4)c3)cc2)cc(C(C)(C)C)c1. The molecule has 0 saturated heterocycles. The van der Waals surface area contributed by atoms with Crippen molar-refractivity contribution in [2.45, 2.75) is 78.6 Å². The molecular formula is C50H50N4O. The number of rotatable bonds is 6. The molecule has 0 aliphatic rings. The van der Waals surface area contributed by atoms with Crippen molar-refractivity contribution in [1.29, 1.82) is 0 Å². The van der Waals surface area contributed by atoms with Crippen LogP contribution in [0.15, 0.2) is 140 Å². The van der Waals surface area contributed by atoms with Gasteiger partial charge in [-0.2, -0.15) is 0 Å². The van der Waals surface area contributed by atoms with Crippen LogP contribution in [0.1, 0.15) is 79.0 Å². The van der Waals surface area contributed by atoms with Crippen LogP contribution < -0.4 is 9.30 Å². The van der Waals surface area contributed by atoms with E-state index in [9.17, 15) is 0 Å². The average molecular weight is 723 g/mol. The third-order valence-corrected chi connectivity index (χ3v) is 10.5. The molecule has 0 saturated carbocycles. The number of imidazole rings is 1. The first-order chi connectivity index (χ1) is 26.1. The van der Waals surface area contributed by atoms with Gasteiger partial charge >= 0.3 is 0 Å². The molecule has 0 spiro atoms. The normalized spacial score (nSPS) is 12.5. The molecule has 0 N–H and O–H groups in total. The van der Waals surface area contributed by atoms with Gasteiger partial charge in [0.1, 0.15) is 17.3 Å². The van der Waals surface area contributed by atoms with Crippen LogP contribution in [0.4, 0.5) is 0 Å². The lowest BCUT2D eigenvalue weighted by atomic mass is 9.80. The molecule has 0 bridgehead atoms. The van der Waals surface area contributed by atoms with E-state index in [4.69, 9.17) is 9.72 Å². The van der Waals surface area contributed by atoms with E-state index in [2.05, 4.69) is 210 Å². The quantitative estimate of drug-likeness (QED) is 0.127. The Labute approximate surface area is 325 Å². The number of ether oxygens (including phenoxy) is 1. The fourth-order valence-electron chi connectivity index (χ4n) is 7.20. The van der Waals surface area contributed by atoms with Gasteiger partial charge in [-0.15, -0.1) is 0 Å². The zero-order valence-corrected chi connectivity index (χ0v) is 33.5. The molecule has 0 aliphatic heterocycles. The van der Waals surface area contributed by atoms with E-state index in [1.807, 2.05) is 12.3 Å². The maximum Gasteiger partial charge on any atom is 0.268 e. The maximum absolute atomic E-state index is 6.81. The van der Waals surface area contributed by atoms with Crippen LogP contribution in [0.5, 0.6) is 11.5 Å². The van der Waals surface area contributed by atoms with Crippen LogP contribution in [0.2, 0.25) is 0 Å². The summed E-state index contributed by atoms with van der Waals surface area (Å²) in [5, 5.41) is 2.33. The molecule has 8 aromatic rings. The predicted octanol–water partition coefficient (Wildman–Crippen LogP) is 12.4. The third-order valence-electron chi connectivity index (χ3n) is 10.5. The molecule has 0 radical (unpaired) electrons. The summed E-state index contributed by atoms with van der Waals surface area (Å²) in [6.45, 7) is 20.3. The van der Waals surface area contributed by atoms with Crippen LogP contribution in [-0.2, 0) is 16.2 Å². The Morgan fingerprint density at radius 2 is 1.24 bits per heavy atom. The van der Waals surface area contributed by atoms with Crippen molar-refractivity contribution in [3.8, 4) is 39.8 Å². The van der Waals surface area contributed by atoms with Crippen molar-refractivity contribution in [3.63, 3.8) is 0 Å². The minimum atomic E-state index is -0.00551. The number of pyridine rings is 1. The van der Waals surface area contributed by atoms with Gasteiger partial charge in [-0.05, 0) is 105 Å². The van der Waals surface area contributed by atoms with Crippen LogP contribution in [0.25, 0.3) is 50.1 Å². The van der Waals surface area contributed by atoms with E-state index < -0.39 is 0 Å². The monoisotopic (exact) mass is 722 g/mol. The summed E-state index contributed by atoms with van der Waals surface area (Å²) in [4.78, 5) is 4.87. The molecule has 0 fully saturated rings. The van der Waals surface area contributed by atoms with Gasteiger partial charge in [0.2, 0.25) is 0 Å². The van der Waals surface area contributed by atoms with Gasteiger partial charge < -0.3 is 4.74 Å². The first-order valence-electron chi connectivity index (χ1n) is 19.2. The lowest BCUT2D eigenvalue weighted by Crippen LogP contribution is -2.30. The maximum atomic E-state index is 6.81. The smallest absolute Gasteiger partial charge is 0.268 e. The average Bonchev–Trinajstić information content (AvgIpc) is 3.78. The molecule has 0 atom stereocenters. The molecule has 5 heteroatoms. The van der Waals surface area contributed by atoms with Crippen molar-refractivity contribution < 1.29 is 9.30 Å². The Morgan fingerprint density at radius 3 is 1.95 bits per heavy atom. The Bertz CT molecular complexity index is 2640. The Morgan fingerprint density at radius 1 is 0.564 bits per heavy atom. The van der Waals surface area contributed by atoms with Gasteiger partial charge in [0.05, 0.1) is 22.4 Å². The standard InChI is InChI=1S/C50H50N4O/c1-48(2,3)36-21-22-51-47(30-36)54-45-18-14-13-17-43(45)44-20-19-41(32-46(44)54)55-42-26-35(34-15-11-10-12-16-34)25-39(31-42)52-23-24-53(33-52)40-28-37(49(4,5)6)27-38(29-40)50(7,8)9/h10-32H,1-9H3. The predicted molar refractivity (Wildman–Crippen MR) is 226 cm³/mol. The second-order valence-electron chi connectivity index (χ2n) is 17.8. The second kappa shape index (κ2) is 13.4. The molecule has 3 aromatic heterocycles. The van der Waals surface area contributed by atoms with Crippen LogP contribution in [0.3, 0.4) is 0 Å². The first-order valence-corrected chi connectivity index (χ1v) is 19.2. The number of hydrogen-bond donors (Lipinski definition) is 0. The van der Waals surface area contributed by atoms with Gasteiger partial charge in [0, 0.05) is 35.4 Å². The molecule has 0 aliphatic carbocycles. The highest BCUT2D eigenvalue weighted by Gasteiger charge is 2.22. The lowest BCUT2D eigenvalue weighted by molar-refractivity contribution is -0.599. The van der Waals surface area contributed by atoms with Crippen molar-refractivity contribution in [1.82, 2.24) is 14.1 Å². The van der Waals surface area contributed by atoms with E-state index in [1.54, 1.807) is 0 Å². The topological polar surface area (TPSA) is 35.9 Å². The fourth-order valence-corrected chi connectivity index (χ4v) is 7.20. The molecule has 8 rings (SSSR count). The molecule has 276 valence electrons. The van der Waals surface area contributed by atoms with Crippen LogP contribution in [-0.4, -0.2) is 14.1 Å². The largest absolute Gasteiger partial charge is 0.458 e. The van der Waals surface area contributed by atoms with E-state index in [0.717, 1.165) is 56.2 Å². The highest BCUT2D eigenvalue weighted by atomic mass is 16.5. The highest BCUT2D eigenvalue weighted by molar-refractivity contribution is 6.09. The van der Waals surface area contributed by atoms with E-state index in [1.165, 1.54) is 22.1 Å². The minimum Gasteiger partial charge on any atom is -0.458 e. The first kappa shape index (κ1) is 36.1. The summed E-state index contributed by atoms with van der Waals surface area (Å²) in [5.74, 6) is 2.38. The highest BCUT2D eigenvalue weighted by Crippen LogP contribution is 2.37. The van der Waals surface area contributed by atoms with Crippen molar-refractivity contribution >= 4 is 21.8 Å². The zero-order valence-electron chi connectivity index (χ0n) is 33.5. The third kappa shape index (κ3) is 7.19. The van der Waals surface area contributed by atoms with E-state index in [-0.39, 0.29) is 16.2 Å². The van der Waals surface area contributed by atoms with Crippen LogP contribution in [0, 0.1) is 6.33 Å². The van der Waals surface area contributed by atoms with Crippen LogP contribution >= 0.6 is 0 Å². The number of nitrogens with zero attached hydrogens (tertiary/aromatic N) is 4. The van der Waals surface area contributed by atoms with Gasteiger partial charge in [-0.25, -0.2) is 4.98 Å². The lowest BCUT2D eigenvalue weighted by Gasteiger charge is -2.26. The second-order valence-corrected chi connectivity index (χ2v) is 17.8. The number of benzene rings is 5. The Kier molecular flexibility index (Phi) is 8.80. The molecule has 3 heterocycles. The number of fused-ring (bicyclic) bond motifs is 3. The van der Waals surface area contributed by atoms with Gasteiger partial charge in [0.25, 0.3) is 6.33 Å². The zero-order chi connectivity index (χ0) is 38.7. The molecule has 55 heavy (non-hydrogen) atoms. The van der Waals surface area contributed by atoms with Gasteiger partial charge in [-0.3, -0.25) is 13.7 Å². The van der Waals surface area contributed by atoms with E-state index >= 15 is 0 Å². The van der Waals surface area contributed by atoms with Crippen molar-refractivity contribution in [3.05, 3.63) is 163 Å². The summed E-state index contributed by atoms with van der Waals surface area (Å²) in [5.41, 5.74) is 10.2. The molecule has 0 unspecified atom stereocenters. The summed E-state index contributed by atoms with van der Waals surface area (Å²) in [7, 11) is 0. The van der Waals surface area contributed by atoms with E-state index in [0.29, 0.717) is 0 Å². The number of para-hydroxylation sites is 1. The number of hydrogen-bond acceptors (Lipinski definition) is 2. The minimum absolute atomic E-state index is 0.00551. The molecule has 0 amide bonds. The molecule has 5 nitrogen and oxygen atoms in total. The van der Waals surface area contributed by atoms with Gasteiger partial charge in [0.15, 0.2) is 0 Å². The fraction of sp³-hybridized carbons (Fsp3) is 0.240. The molecular weight excluding hydrogens is 673 g/mol. The Hall–Kier alpha value is -5.94. The summed E-state index contributed by atoms with van der Waals surface area (Å²) in [6.07, 6.45) is 9.69. The Balaban J connectivity index is 1.22. The van der Waals surface area contributed by atoms with Gasteiger partial charge in [-0.1, -0.05) is 117 Å². The summed E-state index contributed by atoms with van der Waals surface area (Å²) >= 11 is 0. The van der Waals surface area contributed by atoms with Crippen molar-refractivity contribution in [2.75, 3.05) is 0 Å². The number of aromatic nitrogens is 4.